The van der Waals surface area contributed by atoms with Crippen molar-refractivity contribution in [1.29, 1.82) is 0 Å². The standard InChI is InChI=1S/C26H30N4O2S/c1-17(2)18-10-12-20(13-11-18)30-24(31)22-15-21(23-9-6-14-33-23)28-29(22)16-26(30,3)25(32)27-19-7-4-5-8-19/h6,9-15,17,19H,4-5,7-8,16H2,1-3H3,(H,27,32)/t26-/m1/s1. The summed E-state index contributed by atoms with van der Waals surface area (Å²) in [6.45, 7) is 6.46. The van der Waals surface area contributed by atoms with Crippen LogP contribution in [0.15, 0.2) is 47.8 Å². The Morgan fingerprint density at radius 2 is 1.91 bits per heavy atom. The summed E-state index contributed by atoms with van der Waals surface area (Å²) in [6.07, 6.45) is 4.26. The number of fused-ring (bicyclic) bond motifs is 1. The first-order chi connectivity index (χ1) is 15.9. The molecule has 2 aromatic heterocycles. The molecule has 0 radical (unpaired) electrons. The lowest BCUT2D eigenvalue weighted by Gasteiger charge is -2.43. The summed E-state index contributed by atoms with van der Waals surface area (Å²) in [5, 5.41) is 9.95. The highest BCUT2D eigenvalue weighted by Crippen LogP contribution is 2.36. The first-order valence-corrected chi connectivity index (χ1v) is 12.6. The Morgan fingerprint density at radius 3 is 2.55 bits per heavy atom. The van der Waals surface area contributed by atoms with E-state index in [0.717, 1.165) is 41.9 Å². The maximum atomic E-state index is 13.9. The molecule has 3 aromatic rings. The minimum Gasteiger partial charge on any atom is -0.351 e. The Balaban J connectivity index is 1.56. The lowest BCUT2D eigenvalue weighted by atomic mass is 9.93. The van der Waals surface area contributed by atoms with Crippen molar-refractivity contribution in [1.82, 2.24) is 15.1 Å². The largest absolute Gasteiger partial charge is 0.351 e. The zero-order valence-corrected chi connectivity index (χ0v) is 20.2. The van der Waals surface area contributed by atoms with Crippen LogP contribution in [0.3, 0.4) is 0 Å². The van der Waals surface area contributed by atoms with Crippen LogP contribution in [0, 0.1) is 0 Å². The average molecular weight is 463 g/mol. The van der Waals surface area contributed by atoms with Gasteiger partial charge in [0.1, 0.15) is 16.9 Å². The third kappa shape index (κ3) is 3.88. The van der Waals surface area contributed by atoms with Gasteiger partial charge in [-0.1, -0.05) is 44.9 Å². The second kappa shape index (κ2) is 8.45. The lowest BCUT2D eigenvalue weighted by molar-refractivity contribution is -0.127. The number of carbonyl (C=O) groups is 2. The van der Waals surface area contributed by atoms with E-state index < -0.39 is 5.54 Å². The van der Waals surface area contributed by atoms with Crippen LogP contribution in [-0.2, 0) is 11.3 Å². The SMILES string of the molecule is CC(C)c1ccc(N2C(=O)c3cc(-c4cccs4)nn3C[C@]2(C)C(=O)NC2CCCC2)cc1. The van der Waals surface area contributed by atoms with Gasteiger partial charge < -0.3 is 5.32 Å². The smallest absolute Gasteiger partial charge is 0.277 e. The van der Waals surface area contributed by atoms with Gasteiger partial charge in [0.2, 0.25) is 5.91 Å². The van der Waals surface area contributed by atoms with E-state index in [4.69, 9.17) is 5.10 Å². The maximum absolute atomic E-state index is 13.9. The number of hydrogen-bond acceptors (Lipinski definition) is 4. The summed E-state index contributed by atoms with van der Waals surface area (Å²) in [7, 11) is 0. The van der Waals surface area contributed by atoms with E-state index in [2.05, 4.69) is 19.2 Å². The number of nitrogens with zero attached hydrogens (tertiary/aromatic N) is 3. The highest BCUT2D eigenvalue weighted by Gasteiger charge is 2.49. The molecule has 7 heteroatoms. The van der Waals surface area contributed by atoms with E-state index in [1.807, 2.05) is 54.8 Å². The number of hydrogen-bond donors (Lipinski definition) is 1. The molecule has 1 fully saturated rings. The highest BCUT2D eigenvalue weighted by molar-refractivity contribution is 7.13. The molecule has 1 aliphatic carbocycles. The van der Waals surface area contributed by atoms with Crippen LogP contribution in [0.1, 0.15) is 68.4 Å². The number of benzene rings is 1. The monoisotopic (exact) mass is 462 g/mol. The van der Waals surface area contributed by atoms with Crippen molar-refractivity contribution in [3.8, 4) is 10.6 Å². The summed E-state index contributed by atoms with van der Waals surface area (Å²) in [5.41, 5.74) is 2.13. The molecule has 1 aliphatic heterocycles. The molecule has 6 nitrogen and oxygen atoms in total. The van der Waals surface area contributed by atoms with E-state index in [9.17, 15) is 9.59 Å². The second-order valence-corrected chi connectivity index (χ2v) is 10.6. The van der Waals surface area contributed by atoms with Crippen molar-refractivity contribution in [3.05, 3.63) is 59.1 Å². The average Bonchev–Trinajstić information content (AvgIpc) is 3.55. The fourth-order valence-electron chi connectivity index (χ4n) is 4.95. The number of thiophene rings is 1. The van der Waals surface area contributed by atoms with Crippen LogP contribution in [0.2, 0.25) is 0 Å². The first-order valence-electron chi connectivity index (χ1n) is 11.7. The molecule has 3 heterocycles. The zero-order chi connectivity index (χ0) is 23.2. The third-order valence-electron chi connectivity index (χ3n) is 6.92. The van der Waals surface area contributed by atoms with Gasteiger partial charge in [-0.2, -0.15) is 5.10 Å². The van der Waals surface area contributed by atoms with Gasteiger partial charge in [0.05, 0.1) is 11.4 Å². The van der Waals surface area contributed by atoms with E-state index in [1.54, 1.807) is 20.9 Å². The van der Waals surface area contributed by atoms with E-state index in [0.29, 0.717) is 18.2 Å². The number of rotatable bonds is 5. The molecular formula is C26H30N4O2S. The Labute approximate surface area is 198 Å². The number of anilines is 1. The molecule has 33 heavy (non-hydrogen) atoms. The maximum Gasteiger partial charge on any atom is 0.277 e. The molecular weight excluding hydrogens is 432 g/mol. The summed E-state index contributed by atoms with van der Waals surface area (Å²) in [5.74, 6) is 0.0791. The van der Waals surface area contributed by atoms with Gasteiger partial charge in [-0.05, 0) is 60.9 Å². The molecule has 2 aliphatic rings. The van der Waals surface area contributed by atoms with Crippen molar-refractivity contribution in [2.45, 2.75) is 70.5 Å². The Morgan fingerprint density at radius 1 is 1.18 bits per heavy atom. The van der Waals surface area contributed by atoms with Gasteiger partial charge in [0.25, 0.3) is 5.91 Å². The third-order valence-corrected chi connectivity index (χ3v) is 7.82. The number of carbonyl (C=O) groups excluding carboxylic acids is 2. The van der Waals surface area contributed by atoms with Crippen molar-refractivity contribution in [2.75, 3.05) is 4.90 Å². The highest BCUT2D eigenvalue weighted by atomic mass is 32.1. The van der Waals surface area contributed by atoms with Crippen LogP contribution in [-0.4, -0.2) is 33.2 Å². The molecule has 0 saturated heterocycles. The van der Waals surface area contributed by atoms with Crippen molar-refractivity contribution in [2.24, 2.45) is 0 Å². The predicted octanol–water partition coefficient (Wildman–Crippen LogP) is 5.21. The Hall–Kier alpha value is -2.93. The van der Waals surface area contributed by atoms with Crippen LogP contribution in [0.5, 0.6) is 0 Å². The van der Waals surface area contributed by atoms with Gasteiger partial charge >= 0.3 is 0 Å². The van der Waals surface area contributed by atoms with Crippen LogP contribution in [0.4, 0.5) is 5.69 Å². The molecule has 1 saturated carbocycles. The van der Waals surface area contributed by atoms with Gasteiger partial charge in [-0.25, -0.2) is 0 Å². The fraction of sp³-hybridized carbons (Fsp3) is 0.423. The summed E-state index contributed by atoms with van der Waals surface area (Å²) < 4.78 is 1.71. The number of amides is 2. The quantitative estimate of drug-likeness (QED) is 0.566. The summed E-state index contributed by atoms with van der Waals surface area (Å²) in [6, 6.07) is 14.0. The molecule has 0 spiro atoms. The van der Waals surface area contributed by atoms with Gasteiger partial charge in [-0.3, -0.25) is 19.2 Å². The Kier molecular flexibility index (Phi) is 5.60. The lowest BCUT2D eigenvalue weighted by Crippen LogP contribution is -2.65. The normalized spacial score (nSPS) is 21.0. The first kappa shape index (κ1) is 21.9. The van der Waals surface area contributed by atoms with Crippen LogP contribution < -0.4 is 10.2 Å². The topological polar surface area (TPSA) is 67.2 Å². The summed E-state index contributed by atoms with van der Waals surface area (Å²) in [4.78, 5) is 30.2. The van der Waals surface area contributed by atoms with Crippen molar-refractivity contribution in [3.63, 3.8) is 0 Å². The molecule has 5 rings (SSSR count). The Bertz CT molecular complexity index is 1160. The van der Waals surface area contributed by atoms with Crippen LogP contribution in [0.25, 0.3) is 10.6 Å². The number of nitrogens with one attached hydrogen (secondary N) is 1. The van der Waals surface area contributed by atoms with Gasteiger partial charge in [-0.15, -0.1) is 11.3 Å². The van der Waals surface area contributed by atoms with Crippen molar-refractivity contribution >= 4 is 28.8 Å². The van der Waals surface area contributed by atoms with E-state index in [-0.39, 0.29) is 17.9 Å². The van der Waals surface area contributed by atoms with E-state index >= 15 is 0 Å². The molecule has 0 unspecified atom stereocenters. The molecule has 0 bridgehead atoms. The number of aromatic nitrogens is 2. The van der Waals surface area contributed by atoms with Gasteiger partial charge in [0.15, 0.2) is 0 Å². The summed E-state index contributed by atoms with van der Waals surface area (Å²) >= 11 is 1.59. The minimum absolute atomic E-state index is 0.116. The van der Waals surface area contributed by atoms with Gasteiger partial charge in [0, 0.05) is 11.7 Å². The zero-order valence-electron chi connectivity index (χ0n) is 19.4. The molecule has 2 amide bonds. The predicted molar refractivity (Wildman–Crippen MR) is 132 cm³/mol. The molecule has 1 N–H and O–H groups in total. The van der Waals surface area contributed by atoms with Crippen LogP contribution >= 0.6 is 11.3 Å². The van der Waals surface area contributed by atoms with Crippen molar-refractivity contribution < 1.29 is 9.59 Å². The second-order valence-electron chi connectivity index (χ2n) is 9.67. The molecule has 1 aromatic carbocycles. The minimum atomic E-state index is -1.08. The fourth-order valence-corrected chi connectivity index (χ4v) is 5.63. The van der Waals surface area contributed by atoms with E-state index in [1.165, 1.54) is 5.56 Å². The molecule has 172 valence electrons. The molecule has 1 atom stereocenters.